The van der Waals surface area contributed by atoms with Gasteiger partial charge in [-0.15, -0.1) is 0 Å². The van der Waals surface area contributed by atoms with Crippen molar-refractivity contribution in [2.75, 3.05) is 19.0 Å². The van der Waals surface area contributed by atoms with Gasteiger partial charge in [-0.05, 0) is 46.4 Å². The van der Waals surface area contributed by atoms with Crippen LogP contribution in [0.1, 0.15) is 58.1 Å². The Labute approximate surface area is 170 Å². The lowest BCUT2D eigenvalue weighted by molar-refractivity contribution is -0.118. The Balaban J connectivity index is 1.76. The van der Waals surface area contributed by atoms with E-state index in [1.807, 2.05) is 18.2 Å². The van der Waals surface area contributed by atoms with Gasteiger partial charge in [0.1, 0.15) is 6.04 Å². The van der Waals surface area contributed by atoms with Gasteiger partial charge >= 0.3 is 0 Å². The highest BCUT2D eigenvalue weighted by atomic mass is 16.5. The van der Waals surface area contributed by atoms with E-state index < -0.39 is 6.04 Å². The first kappa shape index (κ1) is 19.4. The number of carbonyl (C=O) groups is 1. The summed E-state index contributed by atoms with van der Waals surface area (Å²) in [6.45, 7) is 6.97. The van der Waals surface area contributed by atoms with Crippen molar-refractivity contribution in [2.45, 2.75) is 52.5 Å². The van der Waals surface area contributed by atoms with Gasteiger partial charge in [-0.2, -0.15) is 4.68 Å². The van der Waals surface area contributed by atoms with E-state index in [4.69, 9.17) is 9.47 Å². The fourth-order valence-electron chi connectivity index (χ4n) is 4.08. The molecule has 2 aromatic rings. The van der Waals surface area contributed by atoms with Gasteiger partial charge in [-0.3, -0.25) is 4.79 Å². The number of Topliss-reactive ketones (excluding diaryl/α,β-unsaturated/α-hetero) is 1. The minimum Gasteiger partial charge on any atom is -0.493 e. The number of unbranched alkanes of at least 4 members (excludes halogenated alkanes) is 1. The first-order valence-corrected chi connectivity index (χ1v) is 10.1. The van der Waals surface area contributed by atoms with Crippen molar-refractivity contribution in [3.05, 3.63) is 35.0 Å². The molecule has 0 saturated heterocycles. The highest BCUT2D eigenvalue weighted by Gasteiger charge is 2.41. The minimum atomic E-state index is -0.390. The fourth-order valence-corrected chi connectivity index (χ4v) is 4.08. The Morgan fingerprint density at radius 2 is 2.10 bits per heavy atom. The number of hydrogen-bond donors (Lipinski definition) is 1. The summed E-state index contributed by atoms with van der Waals surface area (Å²) in [6.07, 6.45) is 3.31. The Kier molecular flexibility index (Phi) is 5.02. The van der Waals surface area contributed by atoms with Gasteiger partial charge in [0.25, 0.3) is 0 Å². The number of ketones is 1. The molecule has 0 radical (unpaired) electrons. The molecule has 1 aliphatic heterocycles. The Morgan fingerprint density at radius 1 is 1.28 bits per heavy atom. The predicted octanol–water partition coefficient (Wildman–Crippen LogP) is 3.52. The van der Waals surface area contributed by atoms with Gasteiger partial charge in [0.2, 0.25) is 5.95 Å². The Hall–Kier alpha value is -2.90. The molecule has 0 fully saturated rings. The first-order chi connectivity index (χ1) is 13.9. The number of hydrogen-bond acceptors (Lipinski definition) is 7. The molecule has 8 heteroatoms. The van der Waals surface area contributed by atoms with Crippen LogP contribution in [0.4, 0.5) is 5.95 Å². The monoisotopic (exact) mass is 397 g/mol. The highest BCUT2D eigenvalue weighted by molar-refractivity contribution is 6.00. The highest BCUT2D eigenvalue weighted by Crippen LogP contribution is 2.45. The van der Waals surface area contributed by atoms with E-state index in [0.29, 0.717) is 30.5 Å². The number of benzene rings is 1. The van der Waals surface area contributed by atoms with E-state index in [1.165, 1.54) is 0 Å². The second-order valence-electron chi connectivity index (χ2n) is 8.42. The van der Waals surface area contributed by atoms with Crippen molar-refractivity contribution in [1.29, 1.82) is 0 Å². The zero-order valence-electron chi connectivity index (χ0n) is 17.4. The van der Waals surface area contributed by atoms with E-state index in [2.05, 4.69) is 41.6 Å². The normalized spacial score (nSPS) is 20.0. The molecule has 1 aromatic carbocycles. The average Bonchev–Trinajstić information content (AvgIpc) is 3.14. The van der Waals surface area contributed by atoms with Crippen LogP contribution in [-0.4, -0.2) is 39.7 Å². The van der Waals surface area contributed by atoms with Crippen LogP contribution in [0.25, 0.3) is 0 Å². The summed E-state index contributed by atoms with van der Waals surface area (Å²) in [6, 6.07) is 5.38. The molecule has 1 N–H and O–H groups in total. The number of fused-ring (bicyclic) bond motifs is 1. The van der Waals surface area contributed by atoms with Crippen molar-refractivity contribution in [2.24, 2.45) is 5.41 Å². The summed E-state index contributed by atoms with van der Waals surface area (Å²) in [4.78, 5) is 13.1. The van der Waals surface area contributed by atoms with E-state index >= 15 is 0 Å². The van der Waals surface area contributed by atoms with E-state index in [-0.39, 0.29) is 11.2 Å². The van der Waals surface area contributed by atoms with Gasteiger partial charge in [0.15, 0.2) is 17.3 Å². The summed E-state index contributed by atoms with van der Waals surface area (Å²) < 4.78 is 13.1. The first-order valence-electron chi connectivity index (χ1n) is 10.1. The molecule has 1 atom stereocenters. The van der Waals surface area contributed by atoms with Crippen LogP contribution in [0, 0.1) is 5.41 Å². The average molecular weight is 397 g/mol. The molecule has 2 heterocycles. The number of allylic oxidation sites excluding steroid dienone is 2. The third-order valence-electron chi connectivity index (χ3n) is 5.45. The maximum atomic E-state index is 13.1. The molecule has 0 bridgehead atoms. The Bertz CT molecular complexity index is 963. The molecule has 154 valence electrons. The molecular formula is C21H27N5O3. The molecule has 8 nitrogen and oxygen atoms in total. The number of nitrogens with zero attached hydrogens (tertiary/aromatic N) is 4. The van der Waals surface area contributed by atoms with Crippen LogP contribution in [0.15, 0.2) is 29.5 Å². The standard InChI is InChI=1S/C21H27N5O3/c1-5-6-9-29-16-8-7-13(10-17(16)28-4)19-18-14(11-21(2,3)12-15(18)27)22-20-23-24-25-26(19)20/h7-8,10,19H,5-6,9,11-12H2,1-4H3,(H,22,23,25). The number of aromatic nitrogens is 4. The van der Waals surface area contributed by atoms with Gasteiger partial charge in [-0.1, -0.05) is 38.4 Å². The van der Waals surface area contributed by atoms with Crippen LogP contribution in [0.5, 0.6) is 11.5 Å². The second-order valence-corrected chi connectivity index (χ2v) is 8.42. The number of carbonyl (C=O) groups excluding carboxylic acids is 1. The molecular weight excluding hydrogens is 370 g/mol. The van der Waals surface area contributed by atoms with Crippen molar-refractivity contribution >= 4 is 11.7 Å². The molecule has 0 amide bonds. The van der Waals surface area contributed by atoms with Gasteiger partial charge < -0.3 is 14.8 Å². The van der Waals surface area contributed by atoms with Crippen LogP contribution in [-0.2, 0) is 4.79 Å². The lowest BCUT2D eigenvalue weighted by Crippen LogP contribution is -2.36. The molecule has 1 unspecified atom stereocenters. The van der Waals surface area contributed by atoms with E-state index in [9.17, 15) is 4.79 Å². The number of methoxy groups -OCH3 is 1. The number of rotatable bonds is 6. The van der Waals surface area contributed by atoms with E-state index in [0.717, 1.165) is 36.1 Å². The van der Waals surface area contributed by atoms with E-state index in [1.54, 1.807) is 11.8 Å². The topological polar surface area (TPSA) is 91.2 Å². The van der Waals surface area contributed by atoms with Crippen LogP contribution in [0.3, 0.4) is 0 Å². The lowest BCUT2D eigenvalue weighted by Gasteiger charge is -2.37. The molecule has 2 aliphatic rings. The molecule has 0 spiro atoms. The predicted molar refractivity (Wildman–Crippen MR) is 108 cm³/mol. The zero-order chi connectivity index (χ0) is 20.6. The number of anilines is 1. The smallest absolute Gasteiger partial charge is 0.248 e. The largest absolute Gasteiger partial charge is 0.493 e. The molecule has 1 aliphatic carbocycles. The van der Waals surface area contributed by atoms with Gasteiger partial charge in [0.05, 0.1) is 13.7 Å². The molecule has 0 saturated carbocycles. The molecule has 4 rings (SSSR count). The Morgan fingerprint density at radius 3 is 2.86 bits per heavy atom. The van der Waals surface area contributed by atoms with Crippen LogP contribution in [0.2, 0.25) is 0 Å². The summed E-state index contributed by atoms with van der Waals surface area (Å²) >= 11 is 0. The van der Waals surface area contributed by atoms with Crippen LogP contribution < -0.4 is 14.8 Å². The number of tetrazole rings is 1. The fraction of sp³-hybridized carbons (Fsp3) is 0.524. The maximum Gasteiger partial charge on any atom is 0.248 e. The van der Waals surface area contributed by atoms with Crippen LogP contribution >= 0.6 is 0 Å². The maximum absolute atomic E-state index is 13.1. The molecule has 1 aromatic heterocycles. The van der Waals surface area contributed by atoms with Crippen molar-refractivity contribution in [3.63, 3.8) is 0 Å². The third-order valence-corrected chi connectivity index (χ3v) is 5.45. The van der Waals surface area contributed by atoms with Crippen molar-refractivity contribution < 1.29 is 14.3 Å². The SMILES string of the molecule is CCCCOc1ccc(C2C3=C(CC(C)(C)CC3=O)Nc3nnnn32)cc1OC. The van der Waals surface area contributed by atoms with Crippen molar-refractivity contribution in [3.8, 4) is 11.5 Å². The minimum absolute atomic E-state index is 0.0995. The van der Waals surface area contributed by atoms with Gasteiger partial charge in [0, 0.05) is 17.7 Å². The summed E-state index contributed by atoms with van der Waals surface area (Å²) in [5.74, 6) is 2.00. The summed E-state index contributed by atoms with van der Waals surface area (Å²) in [5.41, 5.74) is 2.42. The molecule has 29 heavy (non-hydrogen) atoms. The zero-order valence-corrected chi connectivity index (χ0v) is 17.4. The second kappa shape index (κ2) is 7.50. The quantitative estimate of drug-likeness (QED) is 0.746. The summed E-state index contributed by atoms with van der Waals surface area (Å²) in [7, 11) is 1.62. The number of ether oxygens (including phenoxy) is 2. The third kappa shape index (κ3) is 3.59. The van der Waals surface area contributed by atoms with Gasteiger partial charge in [-0.25, -0.2) is 0 Å². The number of nitrogens with one attached hydrogen (secondary N) is 1. The van der Waals surface area contributed by atoms with Crippen molar-refractivity contribution in [1.82, 2.24) is 20.2 Å². The summed E-state index contributed by atoms with van der Waals surface area (Å²) in [5, 5.41) is 15.3. The lowest BCUT2D eigenvalue weighted by atomic mass is 9.73.